The molecule has 0 radical (unpaired) electrons. The molecule has 188 valence electrons. The van der Waals surface area contributed by atoms with Crippen molar-refractivity contribution >= 4 is 23.4 Å². The lowest BCUT2D eigenvalue weighted by Crippen LogP contribution is -2.48. The molecule has 0 aliphatic rings. The zero-order valence-electron chi connectivity index (χ0n) is 20.9. The molecule has 2 aromatic rings. The maximum atomic E-state index is 12.4. The first kappa shape index (κ1) is 28.1. The smallest absolute Gasteiger partial charge is 0.266 e. The van der Waals surface area contributed by atoms with E-state index in [0.717, 1.165) is 5.56 Å². The Bertz CT molecular complexity index is 1180. The molecule has 6 N–H and O–H groups in total. The quantitative estimate of drug-likeness (QED) is 0.221. The summed E-state index contributed by atoms with van der Waals surface area (Å²) in [6, 6.07) is 12.2. The number of amides is 3. The molecule has 8 nitrogen and oxygen atoms in total. The van der Waals surface area contributed by atoms with Crippen LogP contribution < -0.4 is 21.8 Å². The van der Waals surface area contributed by atoms with Crippen LogP contribution in [-0.2, 0) is 9.59 Å². The van der Waals surface area contributed by atoms with Crippen LogP contribution in [-0.4, -0.2) is 35.0 Å². The number of hydroxylamine groups is 1. The second kappa shape index (κ2) is 13.7. The molecule has 0 heterocycles. The van der Waals surface area contributed by atoms with E-state index in [0.29, 0.717) is 29.2 Å². The fourth-order valence-corrected chi connectivity index (χ4v) is 3.23. The lowest BCUT2D eigenvalue weighted by atomic mass is 10.0. The minimum atomic E-state index is -0.856. The number of hydrogen-bond donors (Lipinski definition) is 5. The summed E-state index contributed by atoms with van der Waals surface area (Å²) in [6.07, 6.45) is 0.617. The van der Waals surface area contributed by atoms with Gasteiger partial charge < -0.3 is 16.4 Å². The van der Waals surface area contributed by atoms with Crippen LogP contribution >= 0.6 is 0 Å². The Morgan fingerprint density at radius 3 is 1.86 bits per heavy atom. The van der Waals surface area contributed by atoms with Crippen LogP contribution in [0.5, 0.6) is 0 Å². The Balaban J connectivity index is 1.95. The van der Waals surface area contributed by atoms with Gasteiger partial charge in [0.15, 0.2) is 0 Å². The number of nitrogens with one attached hydrogen (secondary N) is 3. The predicted molar refractivity (Wildman–Crippen MR) is 139 cm³/mol. The minimum absolute atomic E-state index is 0.201. The van der Waals surface area contributed by atoms with Crippen molar-refractivity contribution in [3.8, 4) is 23.7 Å². The third-order valence-electron chi connectivity index (χ3n) is 5.18. The van der Waals surface area contributed by atoms with E-state index in [1.165, 1.54) is 0 Å². The van der Waals surface area contributed by atoms with Gasteiger partial charge in [0.25, 0.3) is 11.8 Å². The van der Waals surface area contributed by atoms with Gasteiger partial charge >= 0.3 is 0 Å². The van der Waals surface area contributed by atoms with E-state index in [4.69, 9.17) is 10.9 Å². The van der Waals surface area contributed by atoms with Crippen molar-refractivity contribution in [3.63, 3.8) is 0 Å². The third kappa shape index (κ3) is 8.92. The molecule has 2 aromatic carbocycles. The van der Waals surface area contributed by atoms with E-state index in [1.54, 1.807) is 67.9 Å². The van der Waals surface area contributed by atoms with Crippen molar-refractivity contribution in [2.24, 2.45) is 17.6 Å². The molecule has 2 atom stereocenters. The Morgan fingerprint density at radius 2 is 1.39 bits per heavy atom. The molecule has 3 amide bonds. The Kier molecular flexibility index (Phi) is 10.7. The van der Waals surface area contributed by atoms with Gasteiger partial charge in [0.05, 0.1) is 6.04 Å². The summed E-state index contributed by atoms with van der Waals surface area (Å²) in [5.74, 6) is 10.2. The number of carbonyl (C=O) groups is 3. The van der Waals surface area contributed by atoms with E-state index in [-0.39, 0.29) is 11.8 Å². The molecule has 1 unspecified atom stereocenters. The number of carbonyl (C=O) groups excluding carboxylic acids is 3. The zero-order chi connectivity index (χ0) is 26.7. The first-order valence-electron chi connectivity index (χ1n) is 11.6. The molecule has 8 heteroatoms. The van der Waals surface area contributed by atoms with Gasteiger partial charge in [-0.15, -0.1) is 0 Å². The predicted octanol–water partition coefficient (Wildman–Crippen LogP) is 2.66. The second-order valence-electron chi connectivity index (χ2n) is 9.05. The van der Waals surface area contributed by atoms with E-state index >= 15 is 0 Å². The highest BCUT2D eigenvalue weighted by molar-refractivity contribution is 5.97. The van der Waals surface area contributed by atoms with Crippen molar-refractivity contribution in [1.82, 2.24) is 10.8 Å². The number of benzene rings is 2. The van der Waals surface area contributed by atoms with E-state index in [2.05, 4.69) is 34.3 Å². The molecule has 0 fully saturated rings. The highest BCUT2D eigenvalue weighted by Crippen LogP contribution is 2.11. The second-order valence-corrected chi connectivity index (χ2v) is 9.05. The van der Waals surface area contributed by atoms with E-state index < -0.39 is 23.9 Å². The van der Waals surface area contributed by atoms with Gasteiger partial charge in [0.1, 0.15) is 6.04 Å². The topological polar surface area (TPSA) is 134 Å². The molecular weight excluding hydrogens is 456 g/mol. The van der Waals surface area contributed by atoms with Gasteiger partial charge in [0.2, 0.25) is 5.91 Å². The fourth-order valence-electron chi connectivity index (χ4n) is 3.23. The normalized spacial score (nSPS) is 11.9. The van der Waals surface area contributed by atoms with Gasteiger partial charge in [0, 0.05) is 22.4 Å². The third-order valence-corrected chi connectivity index (χ3v) is 5.18. The Morgan fingerprint density at radius 1 is 0.861 bits per heavy atom. The van der Waals surface area contributed by atoms with Gasteiger partial charge in [-0.05, 0) is 78.6 Å². The molecule has 36 heavy (non-hydrogen) atoms. The average Bonchev–Trinajstić information content (AvgIpc) is 2.85. The summed E-state index contributed by atoms with van der Waals surface area (Å²) in [5, 5.41) is 14.2. The van der Waals surface area contributed by atoms with Crippen molar-refractivity contribution in [1.29, 1.82) is 0 Å². The monoisotopic (exact) mass is 488 g/mol. The molecule has 0 saturated carbocycles. The first-order chi connectivity index (χ1) is 17.1. The standard InChI is InChI=1S/C28H32N4O4/c1-18(2)17-24(29)27(34)30-23-15-11-21(12-16-23)8-6-5-7-20-9-13-22(14-10-20)26(33)31-25(19(3)4)28(35)32-36/h9-16,18-19,24-25,36H,17,29H2,1-4H3,(H,30,34)(H,31,33)(H,32,35)/t24-,25?/m0/s1. The fraction of sp³-hybridized carbons (Fsp3) is 0.321. The van der Waals surface area contributed by atoms with Crippen molar-refractivity contribution < 1.29 is 19.6 Å². The van der Waals surface area contributed by atoms with Crippen LogP contribution in [0.15, 0.2) is 48.5 Å². The van der Waals surface area contributed by atoms with Crippen molar-refractivity contribution in [3.05, 3.63) is 65.2 Å². The Labute approximate surface area is 212 Å². The Hall–Kier alpha value is -4.11. The van der Waals surface area contributed by atoms with Crippen molar-refractivity contribution in [2.45, 2.75) is 46.2 Å². The van der Waals surface area contributed by atoms with Crippen LogP contribution in [0.25, 0.3) is 0 Å². The largest absolute Gasteiger partial charge is 0.340 e. The zero-order valence-corrected chi connectivity index (χ0v) is 20.9. The number of hydrogen-bond acceptors (Lipinski definition) is 5. The molecule has 0 aromatic heterocycles. The molecule has 0 aliphatic heterocycles. The van der Waals surface area contributed by atoms with E-state index in [1.807, 2.05) is 13.8 Å². The highest BCUT2D eigenvalue weighted by atomic mass is 16.5. The molecule has 0 saturated heterocycles. The van der Waals surface area contributed by atoms with Crippen LogP contribution in [0.3, 0.4) is 0 Å². The summed E-state index contributed by atoms with van der Waals surface area (Å²) in [7, 11) is 0. The van der Waals surface area contributed by atoms with Crippen LogP contribution in [0.4, 0.5) is 5.69 Å². The molecule has 2 rings (SSSR count). The summed E-state index contributed by atoms with van der Waals surface area (Å²) >= 11 is 0. The molecule has 0 spiro atoms. The number of nitrogens with two attached hydrogens (primary N) is 1. The van der Waals surface area contributed by atoms with Crippen LogP contribution in [0, 0.1) is 35.5 Å². The number of rotatable bonds is 8. The van der Waals surface area contributed by atoms with Gasteiger partial charge in [-0.1, -0.05) is 39.5 Å². The van der Waals surface area contributed by atoms with Gasteiger partial charge in [-0.25, -0.2) is 5.48 Å². The molecule has 0 bridgehead atoms. The molecular formula is C28H32N4O4. The maximum absolute atomic E-state index is 12.4. The highest BCUT2D eigenvalue weighted by Gasteiger charge is 2.24. The number of anilines is 1. The first-order valence-corrected chi connectivity index (χ1v) is 11.6. The minimum Gasteiger partial charge on any atom is -0.340 e. The summed E-state index contributed by atoms with van der Waals surface area (Å²) < 4.78 is 0. The summed E-state index contributed by atoms with van der Waals surface area (Å²) in [6.45, 7) is 7.56. The molecule has 0 aliphatic carbocycles. The van der Waals surface area contributed by atoms with Crippen LogP contribution in [0.2, 0.25) is 0 Å². The van der Waals surface area contributed by atoms with Crippen LogP contribution in [0.1, 0.15) is 55.6 Å². The average molecular weight is 489 g/mol. The van der Waals surface area contributed by atoms with Gasteiger partial charge in [-0.3, -0.25) is 19.6 Å². The lowest BCUT2D eigenvalue weighted by Gasteiger charge is -2.20. The van der Waals surface area contributed by atoms with Crippen molar-refractivity contribution in [2.75, 3.05) is 5.32 Å². The van der Waals surface area contributed by atoms with E-state index in [9.17, 15) is 14.4 Å². The maximum Gasteiger partial charge on any atom is 0.266 e. The summed E-state index contributed by atoms with van der Waals surface area (Å²) in [4.78, 5) is 36.2. The SMILES string of the molecule is CC(C)C[C@H](N)C(=O)Nc1ccc(C#CC#Cc2ccc(C(=O)NC(C(=O)NO)C(C)C)cc2)cc1. The van der Waals surface area contributed by atoms with Gasteiger partial charge in [-0.2, -0.15) is 0 Å². The lowest BCUT2D eigenvalue weighted by molar-refractivity contribution is -0.132. The summed E-state index contributed by atoms with van der Waals surface area (Å²) in [5.41, 5.74) is 9.89.